The van der Waals surface area contributed by atoms with Crippen LogP contribution in [-0.4, -0.2) is 67.9 Å². The second-order valence-electron chi connectivity index (χ2n) is 11.0. The molecule has 0 aliphatic heterocycles. The number of benzene rings is 2. The van der Waals surface area contributed by atoms with Crippen LogP contribution in [0.2, 0.25) is 0 Å². The summed E-state index contributed by atoms with van der Waals surface area (Å²) in [7, 11) is 0. The lowest BCUT2D eigenvalue weighted by atomic mass is 9.98. The number of carbonyl (C=O) groups is 4. The molecular weight excluding hydrogens is 562 g/mol. The summed E-state index contributed by atoms with van der Waals surface area (Å²) >= 11 is 0. The average molecular weight is 602 g/mol. The SMILES string of the molecule is CCC(C)C(NC(=O)C(Cc1cnc[nH]1)NC(=O)C(Cc1ccccc1)NC(=O)C(N)Cc1c[nH]c2ccccc12)C(=O)O. The van der Waals surface area contributed by atoms with Crippen molar-refractivity contribution < 1.29 is 24.3 Å². The summed E-state index contributed by atoms with van der Waals surface area (Å²) in [6.45, 7) is 3.56. The van der Waals surface area contributed by atoms with Crippen LogP contribution < -0.4 is 21.7 Å². The molecule has 5 atom stereocenters. The highest BCUT2D eigenvalue weighted by atomic mass is 16.4. The molecule has 4 rings (SSSR count). The third-order valence-corrected chi connectivity index (χ3v) is 7.76. The van der Waals surface area contributed by atoms with E-state index in [9.17, 15) is 24.3 Å². The van der Waals surface area contributed by atoms with Gasteiger partial charge in [0.25, 0.3) is 0 Å². The normalized spacial score (nSPS) is 14.6. The molecule has 0 saturated carbocycles. The molecule has 12 nitrogen and oxygen atoms in total. The summed E-state index contributed by atoms with van der Waals surface area (Å²) in [6, 6.07) is 12.5. The first-order valence-corrected chi connectivity index (χ1v) is 14.6. The lowest BCUT2D eigenvalue weighted by Crippen LogP contribution is -2.58. The Labute approximate surface area is 255 Å². The fraction of sp³-hybridized carbons (Fsp3) is 0.344. The summed E-state index contributed by atoms with van der Waals surface area (Å²) in [5.74, 6) is -3.32. The van der Waals surface area contributed by atoms with Crippen molar-refractivity contribution in [1.29, 1.82) is 0 Å². The lowest BCUT2D eigenvalue weighted by Gasteiger charge is -2.26. The summed E-state index contributed by atoms with van der Waals surface area (Å²) in [5, 5.41) is 18.8. The quantitative estimate of drug-likeness (QED) is 0.108. The maximum absolute atomic E-state index is 13.8. The molecule has 44 heavy (non-hydrogen) atoms. The molecule has 0 saturated heterocycles. The Hall–Kier alpha value is -4.97. The second-order valence-corrected chi connectivity index (χ2v) is 11.0. The largest absolute Gasteiger partial charge is 0.480 e. The zero-order valence-electron chi connectivity index (χ0n) is 24.7. The Morgan fingerprint density at radius 1 is 0.864 bits per heavy atom. The topological polar surface area (TPSA) is 195 Å². The van der Waals surface area contributed by atoms with Crippen molar-refractivity contribution in [3.8, 4) is 0 Å². The molecular formula is C32H39N7O5. The highest BCUT2D eigenvalue weighted by molar-refractivity contribution is 5.94. The van der Waals surface area contributed by atoms with Gasteiger partial charge in [0, 0.05) is 41.8 Å². The van der Waals surface area contributed by atoms with E-state index in [0.29, 0.717) is 12.1 Å². The van der Waals surface area contributed by atoms with Gasteiger partial charge in [-0.15, -0.1) is 0 Å². The molecule has 2 aromatic heterocycles. The molecule has 5 unspecified atom stereocenters. The predicted molar refractivity (Wildman–Crippen MR) is 165 cm³/mol. The van der Waals surface area contributed by atoms with Gasteiger partial charge in [0.2, 0.25) is 17.7 Å². The number of hydrogen-bond donors (Lipinski definition) is 7. The number of para-hydroxylation sites is 1. The number of amides is 3. The number of aromatic nitrogens is 3. The first-order valence-electron chi connectivity index (χ1n) is 14.6. The molecule has 8 N–H and O–H groups in total. The molecule has 0 fully saturated rings. The zero-order chi connectivity index (χ0) is 31.6. The summed E-state index contributed by atoms with van der Waals surface area (Å²) in [4.78, 5) is 62.4. The van der Waals surface area contributed by atoms with Crippen LogP contribution in [-0.2, 0) is 38.4 Å². The van der Waals surface area contributed by atoms with E-state index >= 15 is 0 Å². The van der Waals surface area contributed by atoms with Crippen molar-refractivity contribution in [2.75, 3.05) is 0 Å². The third kappa shape index (κ3) is 8.32. The molecule has 12 heteroatoms. The van der Waals surface area contributed by atoms with Gasteiger partial charge in [-0.05, 0) is 29.5 Å². The molecule has 0 spiro atoms. The number of aromatic amines is 2. The Bertz CT molecular complexity index is 1550. The summed E-state index contributed by atoms with van der Waals surface area (Å²) in [5.41, 5.74) is 9.47. The molecule has 0 aliphatic rings. The monoisotopic (exact) mass is 601 g/mol. The van der Waals surface area contributed by atoms with E-state index in [4.69, 9.17) is 5.73 Å². The molecule has 0 bridgehead atoms. The summed E-state index contributed by atoms with van der Waals surface area (Å²) in [6.07, 6.45) is 5.71. The van der Waals surface area contributed by atoms with Gasteiger partial charge >= 0.3 is 5.97 Å². The van der Waals surface area contributed by atoms with Gasteiger partial charge in [-0.25, -0.2) is 9.78 Å². The van der Waals surface area contributed by atoms with Crippen LogP contribution in [0.5, 0.6) is 0 Å². The Balaban J connectivity index is 1.53. The molecule has 232 valence electrons. The number of imidazole rings is 1. The number of nitrogens with two attached hydrogens (primary N) is 1. The number of nitrogens with zero attached hydrogens (tertiary/aromatic N) is 1. The number of rotatable bonds is 15. The van der Waals surface area contributed by atoms with Gasteiger partial charge in [-0.2, -0.15) is 0 Å². The predicted octanol–water partition coefficient (Wildman–Crippen LogP) is 1.83. The third-order valence-electron chi connectivity index (χ3n) is 7.76. The average Bonchev–Trinajstić information content (AvgIpc) is 3.69. The highest BCUT2D eigenvalue weighted by Gasteiger charge is 2.32. The second kappa shape index (κ2) is 15.0. The summed E-state index contributed by atoms with van der Waals surface area (Å²) < 4.78 is 0. The van der Waals surface area contributed by atoms with Crippen LogP contribution in [0.1, 0.15) is 37.1 Å². The minimum atomic E-state index is -1.17. The molecule has 3 amide bonds. The maximum atomic E-state index is 13.8. The molecule has 0 aliphatic carbocycles. The van der Waals surface area contributed by atoms with E-state index in [1.165, 1.54) is 12.5 Å². The lowest BCUT2D eigenvalue weighted by molar-refractivity contribution is -0.143. The Kier molecular flexibility index (Phi) is 10.9. The van der Waals surface area contributed by atoms with Crippen LogP contribution in [0.4, 0.5) is 0 Å². The number of carbonyl (C=O) groups excluding carboxylic acids is 3. The zero-order valence-corrected chi connectivity index (χ0v) is 24.7. The van der Waals surface area contributed by atoms with E-state index in [1.807, 2.05) is 67.7 Å². The van der Waals surface area contributed by atoms with Gasteiger partial charge < -0.3 is 36.8 Å². The number of carboxylic acids is 1. The van der Waals surface area contributed by atoms with E-state index in [-0.39, 0.29) is 25.2 Å². The molecule has 2 aromatic carbocycles. The first kappa shape index (κ1) is 32.0. The van der Waals surface area contributed by atoms with Crippen LogP contribution in [0.3, 0.4) is 0 Å². The molecule has 0 radical (unpaired) electrons. The van der Waals surface area contributed by atoms with Crippen molar-refractivity contribution in [1.82, 2.24) is 30.9 Å². The van der Waals surface area contributed by atoms with E-state index in [0.717, 1.165) is 22.0 Å². The Morgan fingerprint density at radius 2 is 1.52 bits per heavy atom. The van der Waals surface area contributed by atoms with Crippen LogP contribution in [0.15, 0.2) is 73.3 Å². The van der Waals surface area contributed by atoms with Crippen LogP contribution >= 0.6 is 0 Å². The number of hydrogen-bond acceptors (Lipinski definition) is 6. The number of H-pyrrole nitrogens is 2. The number of nitrogens with one attached hydrogen (secondary N) is 5. The Morgan fingerprint density at radius 3 is 2.20 bits per heavy atom. The maximum Gasteiger partial charge on any atom is 0.326 e. The van der Waals surface area contributed by atoms with Crippen LogP contribution in [0.25, 0.3) is 10.9 Å². The fourth-order valence-corrected chi connectivity index (χ4v) is 5.00. The van der Waals surface area contributed by atoms with Gasteiger partial charge in [-0.3, -0.25) is 14.4 Å². The molecule has 4 aromatic rings. The number of carboxylic acid groups (broad SMARTS) is 1. The van der Waals surface area contributed by atoms with Crippen molar-refractivity contribution in [2.45, 2.75) is 63.7 Å². The van der Waals surface area contributed by atoms with Gasteiger partial charge in [0.05, 0.1) is 12.4 Å². The van der Waals surface area contributed by atoms with Crippen molar-refractivity contribution in [3.05, 3.63) is 90.1 Å². The fourth-order valence-electron chi connectivity index (χ4n) is 5.00. The van der Waals surface area contributed by atoms with E-state index in [2.05, 4.69) is 30.9 Å². The minimum absolute atomic E-state index is 0.0243. The number of aliphatic carboxylic acids is 1. The van der Waals surface area contributed by atoms with Crippen LogP contribution in [0, 0.1) is 5.92 Å². The standard InChI is InChI=1S/C32H39N7O5/c1-3-19(2)28(32(43)44)39-31(42)27(15-22-17-34-18-36-22)38-30(41)26(13-20-9-5-4-6-10-20)37-29(40)24(33)14-21-16-35-25-12-8-7-11-23(21)25/h4-12,16-19,24,26-28,35H,3,13-15,33H2,1-2H3,(H,34,36)(H,37,40)(H,38,41)(H,39,42)(H,43,44). The first-order chi connectivity index (χ1) is 21.2. The molecule has 2 heterocycles. The smallest absolute Gasteiger partial charge is 0.326 e. The van der Waals surface area contributed by atoms with Gasteiger partial charge in [0.1, 0.15) is 18.1 Å². The van der Waals surface area contributed by atoms with Crippen molar-refractivity contribution in [2.24, 2.45) is 11.7 Å². The minimum Gasteiger partial charge on any atom is -0.480 e. The van der Waals surface area contributed by atoms with Gasteiger partial charge in [-0.1, -0.05) is 68.8 Å². The van der Waals surface area contributed by atoms with E-state index < -0.39 is 47.9 Å². The van der Waals surface area contributed by atoms with E-state index in [1.54, 1.807) is 6.92 Å². The highest BCUT2D eigenvalue weighted by Crippen LogP contribution is 2.19. The van der Waals surface area contributed by atoms with Gasteiger partial charge in [0.15, 0.2) is 0 Å². The van der Waals surface area contributed by atoms with Crippen molar-refractivity contribution >= 4 is 34.6 Å². The number of fused-ring (bicyclic) bond motifs is 1. The van der Waals surface area contributed by atoms with Crippen molar-refractivity contribution in [3.63, 3.8) is 0 Å².